The molecule has 0 bridgehead atoms. The molecule has 0 amide bonds. The first kappa shape index (κ1) is 24.0. The van der Waals surface area contributed by atoms with Crippen LogP contribution in [-0.2, 0) is 6.61 Å². The van der Waals surface area contributed by atoms with Crippen LogP contribution in [0.2, 0.25) is 0 Å². The van der Waals surface area contributed by atoms with Crippen LogP contribution < -0.4 is 39.4 Å². The van der Waals surface area contributed by atoms with E-state index in [1.54, 1.807) is 24.3 Å². The number of aromatic carboxylic acids is 1. The van der Waals surface area contributed by atoms with Gasteiger partial charge >= 0.3 is 29.6 Å². The Bertz CT molecular complexity index is 1170. The molecule has 0 atom stereocenters. The average molecular weight is 447 g/mol. The molecule has 1 aromatic heterocycles. The van der Waals surface area contributed by atoms with Crippen LogP contribution in [0, 0.1) is 17.5 Å². The molecule has 4 rings (SSSR count). The van der Waals surface area contributed by atoms with Crippen molar-refractivity contribution >= 4 is 17.1 Å². The summed E-state index contributed by atoms with van der Waals surface area (Å²) in [6, 6.07) is 13.0. The van der Waals surface area contributed by atoms with Crippen LogP contribution in [0.25, 0.3) is 11.1 Å². The summed E-state index contributed by atoms with van der Waals surface area (Å²) in [5, 5.41) is 11.2. The van der Waals surface area contributed by atoms with Crippen LogP contribution >= 0.6 is 0 Å². The summed E-state index contributed by atoms with van der Waals surface area (Å²) in [5.74, 6) is -3.96. The minimum Gasteiger partial charge on any atom is -0.543 e. The van der Waals surface area contributed by atoms with Crippen LogP contribution in [0.1, 0.15) is 46.6 Å². The number of aromatic nitrogens is 1. The fourth-order valence-electron chi connectivity index (χ4n) is 3.74. The van der Waals surface area contributed by atoms with Crippen LogP contribution in [0.15, 0.2) is 54.6 Å². The molecule has 2 aromatic carbocycles. The zero-order valence-corrected chi connectivity index (χ0v) is 19.3. The van der Waals surface area contributed by atoms with Gasteiger partial charge in [-0.2, -0.15) is 0 Å². The Kier molecular flexibility index (Phi) is 7.77. The maximum Gasteiger partial charge on any atom is 1.00 e. The summed E-state index contributed by atoms with van der Waals surface area (Å²) in [5.41, 5.74) is 2.58. The minimum atomic E-state index is -1.35. The molecule has 0 aliphatic heterocycles. The second-order valence-electron chi connectivity index (χ2n) is 7.14. The van der Waals surface area contributed by atoms with Crippen molar-refractivity contribution in [2.24, 2.45) is 0 Å². The van der Waals surface area contributed by atoms with E-state index in [4.69, 9.17) is 4.74 Å². The first-order valence-corrected chi connectivity index (χ1v) is 9.70. The second kappa shape index (κ2) is 10.3. The van der Waals surface area contributed by atoms with Crippen molar-refractivity contribution in [1.82, 2.24) is 4.98 Å². The summed E-state index contributed by atoms with van der Waals surface area (Å²) in [4.78, 5) is 15.4. The van der Waals surface area contributed by atoms with E-state index in [-0.39, 0.29) is 40.8 Å². The van der Waals surface area contributed by atoms with E-state index in [9.17, 15) is 23.1 Å². The Labute approximate surface area is 205 Å². The van der Waals surface area contributed by atoms with Gasteiger partial charge in [-0.15, -0.1) is 0 Å². The Morgan fingerprint density at radius 2 is 1.66 bits per heavy atom. The SMILES string of the molecule is O=C([O-])c1cccc(C2=C(c3ccccc3OCc3c(F)cc(F)cc3F)CCC2)n1.[Na+]. The maximum absolute atomic E-state index is 14.0. The first-order chi connectivity index (χ1) is 14.9. The number of rotatable bonds is 6. The molecule has 32 heavy (non-hydrogen) atoms. The number of benzene rings is 2. The number of ether oxygens (including phenoxy) is 1. The molecular weight excluding hydrogens is 430 g/mol. The fraction of sp³-hybridized carbons (Fsp3) is 0.167. The van der Waals surface area contributed by atoms with E-state index >= 15 is 0 Å². The molecule has 0 radical (unpaired) electrons. The van der Waals surface area contributed by atoms with E-state index in [2.05, 4.69) is 4.98 Å². The van der Waals surface area contributed by atoms with Crippen molar-refractivity contribution < 1.29 is 57.4 Å². The standard InChI is InChI=1S/C24H18F3NO3.Na/c25-14-11-19(26)18(20(27)12-14)13-31-23-10-2-1-5-17(23)15-6-3-7-16(15)21-8-4-9-22(28-21)24(29)30;/h1-2,4-5,8-12H,3,6-7,13H2,(H,29,30);/q;+1/p-1. The van der Waals surface area contributed by atoms with Crippen LogP contribution in [-0.4, -0.2) is 11.0 Å². The van der Waals surface area contributed by atoms with Gasteiger partial charge < -0.3 is 14.6 Å². The van der Waals surface area contributed by atoms with Crippen molar-refractivity contribution in [2.45, 2.75) is 25.9 Å². The third kappa shape index (κ3) is 5.06. The van der Waals surface area contributed by atoms with E-state index in [1.165, 1.54) is 6.07 Å². The van der Waals surface area contributed by atoms with Gasteiger partial charge in [0, 0.05) is 17.7 Å². The van der Waals surface area contributed by atoms with Crippen molar-refractivity contribution in [1.29, 1.82) is 0 Å². The van der Waals surface area contributed by atoms with Crippen molar-refractivity contribution in [3.8, 4) is 5.75 Å². The zero-order chi connectivity index (χ0) is 22.0. The van der Waals surface area contributed by atoms with Gasteiger partial charge in [-0.25, -0.2) is 18.2 Å². The van der Waals surface area contributed by atoms with Crippen LogP contribution in [0.3, 0.4) is 0 Å². The number of carbonyl (C=O) groups is 1. The molecule has 1 aliphatic carbocycles. The molecule has 0 unspecified atom stereocenters. The fourth-order valence-corrected chi connectivity index (χ4v) is 3.74. The number of hydrogen-bond acceptors (Lipinski definition) is 4. The predicted molar refractivity (Wildman–Crippen MR) is 106 cm³/mol. The molecule has 0 saturated carbocycles. The zero-order valence-electron chi connectivity index (χ0n) is 17.3. The number of carboxylic acids is 1. The number of carboxylic acid groups (broad SMARTS) is 1. The molecule has 3 aromatic rings. The molecule has 4 nitrogen and oxygen atoms in total. The topological polar surface area (TPSA) is 62.2 Å². The molecule has 1 heterocycles. The van der Waals surface area contributed by atoms with Crippen molar-refractivity contribution in [3.63, 3.8) is 0 Å². The normalized spacial score (nSPS) is 13.1. The van der Waals surface area contributed by atoms with Crippen molar-refractivity contribution in [2.75, 3.05) is 0 Å². The van der Waals surface area contributed by atoms with Crippen molar-refractivity contribution in [3.05, 3.63) is 94.6 Å². The van der Waals surface area contributed by atoms with Crippen LogP contribution in [0.5, 0.6) is 5.75 Å². The number of pyridine rings is 1. The molecule has 0 fully saturated rings. The third-order valence-corrected chi connectivity index (χ3v) is 5.18. The maximum atomic E-state index is 14.0. The quantitative estimate of drug-likeness (QED) is 0.538. The van der Waals surface area contributed by atoms with Gasteiger partial charge in [0.05, 0.1) is 22.9 Å². The second-order valence-corrected chi connectivity index (χ2v) is 7.14. The van der Waals surface area contributed by atoms with E-state index in [0.717, 1.165) is 23.1 Å². The molecule has 158 valence electrons. The average Bonchev–Trinajstić information content (AvgIpc) is 3.23. The Morgan fingerprint density at radius 1 is 0.969 bits per heavy atom. The summed E-state index contributed by atoms with van der Waals surface area (Å²) in [6.07, 6.45) is 2.26. The Hall–Kier alpha value is -2.61. The molecule has 0 spiro atoms. The largest absolute Gasteiger partial charge is 1.00 e. The van der Waals surface area contributed by atoms with E-state index < -0.39 is 30.0 Å². The third-order valence-electron chi connectivity index (χ3n) is 5.18. The molecule has 0 saturated heterocycles. The summed E-state index contributed by atoms with van der Waals surface area (Å²) < 4.78 is 46.8. The van der Waals surface area contributed by atoms with Gasteiger partial charge in [-0.1, -0.05) is 24.3 Å². The van der Waals surface area contributed by atoms with Gasteiger partial charge in [0.2, 0.25) is 0 Å². The number of halogens is 3. The van der Waals surface area contributed by atoms with Gasteiger partial charge in [-0.05, 0) is 48.6 Å². The number of carbonyl (C=O) groups excluding carboxylic acids is 1. The first-order valence-electron chi connectivity index (χ1n) is 9.70. The molecule has 0 N–H and O–H groups in total. The summed E-state index contributed by atoms with van der Waals surface area (Å²) in [7, 11) is 0. The monoisotopic (exact) mass is 447 g/mol. The van der Waals surface area contributed by atoms with E-state index in [0.29, 0.717) is 36.4 Å². The van der Waals surface area contributed by atoms with Gasteiger partial charge in [0.25, 0.3) is 0 Å². The number of para-hydroxylation sites is 1. The minimum absolute atomic E-state index is 0. The Morgan fingerprint density at radius 3 is 2.38 bits per heavy atom. The summed E-state index contributed by atoms with van der Waals surface area (Å²) in [6.45, 7) is -0.407. The van der Waals surface area contributed by atoms with Gasteiger partial charge in [-0.3, -0.25) is 0 Å². The molecular formula is C24H17F3NNaO3. The number of nitrogens with zero attached hydrogens (tertiary/aromatic N) is 1. The van der Waals surface area contributed by atoms with Crippen LogP contribution in [0.4, 0.5) is 13.2 Å². The predicted octanol–water partition coefficient (Wildman–Crippen LogP) is 1.54. The molecule has 8 heteroatoms. The number of hydrogen-bond donors (Lipinski definition) is 0. The number of allylic oxidation sites excluding steroid dienone is 2. The van der Waals surface area contributed by atoms with E-state index in [1.807, 2.05) is 12.1 Å². The van der Waals surface area contributed by atoms with Gasteiger partial charge in [0.15, 0.2) is 0 Å². The van der Waals surface area contributed by atoms with Gasteiger partial charge in [0.1, 0.15) is 29.8 Å². The molecule has 1 aliphatic rings. The smallest absolute Gasteiger partial charge is 0.543 e. The Balaban J connectivity index is 0.00000289. The summed E-state index contributed by atoms with van der Waals surface area (Å²) >= 11 is 0.